The summed E-state index contributed by atoms with van der Waals surface area (Å²) in [6, 6.07) is 8.75. The Kier molecular flexibility index (Phi) is 3.58. The van der Waals surface area contributed by atoms with E-state index in [9.17, 15) is 14.3 Å². The van der Waals surface area contributed by atoms with Crippen molar-refractivity contribution in [3.8, 4) is 0 Å². The number of ketones is 1. The van der Waals surface area contributed by atoms with E-state index in [2.05, 4.69) is 0 Å². The smallest absolute Gasteiger partial charge is 0.166 e. The maximum Gasteiger partial charge on any atom is 0.166 e. The minimum Gasteiger partial charge on any atom is -0.388 e. The van der Waals surface area contributed by atoms with Gasteiger partial charge in [-0.05, 0) is 5.56 Å². The van der Waals surface area contributed by atoms with Gasteiger partial charge in [-0.2, -0.15) is 0 Å². The Bertz CT molecular complexity index is 272. The maximum atomic E-state index is 11.8. The van der Waals surface area contributed by atoms with E-state index < -0.39 is 18.6 Å². The highest BCUT2D eigenvalue weighted by molar-refractivity contribution is 5.80. The van der Waals surface area contributed by atoms with Crippen LogP contribution < -0.4 is 0 Å². The SMILES string of the molecule is O=C(CF)CC(O)c1ccccc1. The lowest BCUT2D eigenvalue weighted by Crippen LogP contribution is -2.07. The highest BCUT2D eigenvalue weighted by atomic mass is 19.1. The van der Waals surface area contributed by atoms with E-state index in [4.69, 9.17) is 0 Å². The summed E-state index contributed by atoms with van der Waals surface area (Å²) in [7, 11) is 0. The molecule has 0 heterocycles. The number of rotatable bonds is 4. The maximum absolute atomic E-state index is 11.8. The van der Waals surface area contributed by atoms with E-state index in [-0.39, 0.29) is 6.42 Å². The van der Waals surface area contributed by atoms with Crippen molar-refractivity contribution in [3.63, 3.8) is 0 Å². The van der Waals surface area contributed by atoms with Crippen LogP contribution in [0.25, 0.3) is 0 Å². The molecule has 0 radical (unpaired) electrons. The average Bonchev–Trinajstić information content (AvgIpc) is 2.19. The molecule has 1 aromatic rings. The number of aliphatic hydroxyl groups excluding tert-OH is 1. The zero-order chi connectivity index (χ0) is 9.68. The minimum absolute atomic E-state index is 0.152. The fourth-order valence-electron chi connectivity index (χ4n) is 1.06. The van der Waals surface area contributed by atoms with Crippen molar-refractivity contribution in [3.05, 3.63) is 35.9 Å². The molecule has 0 fully saturated rings. The van der Waals surface area contributed by atoms with Crippen molar-refractivity contribution in [2.75, 3.05) is 6.67 Å². The topological polar surface area (TPSA) is 37.3 Å². The lowest BCUT2D eigenvalue weighted by molar-refractivity contribution is -0.121. The van der Waals surface area contributed by atoms with Crippen LogP contribution in [0.2, 0.25) is 0 Å². The summed E-state index contributed by atoms with van der Waals surface area (Å²) in [5.74, 6) is -0.573. The molecule has 1 unspecified atom stereocenters. The summed E-state index contributed by atoms with van der Waals surface area (Å²) >= 11 is 0. The van der Waals surface area contributed by atoms with Crippen LogP contribution in [0.5, 0.6) is 0 Å². The van der Waals surface area contributed by atoms with E-state index in [1.165, 1.54) is 0 Å². The lowest BCUT2D eigenvalue weighted by Gasteiger charge is -2.07. The van der Waals surface area contributed by atoms with Gasteiger partial charge in [0.25, 0.3) is 0 Å². The van der Waals surface area contributed by atoms with Crippen molar-refractivity contribution >= 4 is 5.78 Å². The Morgan fingerprint density at radius 3 is 2.54 bits per heavy atom. The van der Waals surface area contributed by atoms with Gasteiger partial charge in [0.15, 0.2) is 5.78 Å². The molecule has 0 aliphatic carbocycles. The van der Waals surface area contributed by atoms with Crippen LogP contribution in [-0.4, -0.2) is 17.6 Å². The summed E-state index contributed by atoms with van der Waals surface area (Å²) in [5, 5.41) is 9.43. The third-order valence-electron chi connectivity index (χ3n) is 1.75. The van der Waals surface area contributed by atoms with E-state index in [1.54, 1.807) is 24.3 Å². The first kappa shape index (κ1) is 9.86. The van der Waals surface area contributed by atoms with Crippen LogP contribution in [0.3, 0.4) is 0 Å². The molecule has 70 valence electrons. The molecule has 0 spiro atoms. The third kappa shape index (κ3) is 2.95. The van der Waals surface area contributed by atoms with Crippen LogP contribution in [-0.2, 0) is 4.79 Å². The molecule has 0 saturated heterocycles. The van der Waals surface area contributed by atoms with Gasteiger partial charge in [0.05, 0.1) is 6.10 Å². The zero-order valence-electron chi connectivity index (χ0n) is 7.11. The van der Waals surface area contributed by atoms with Crippen LogP contribution in [0.1, 0.15) is 18.1 Å². The van der Waals surface area contributed by atoms with Crippen molar-refractivity contribution in [1.82, 2.24) is 0 Å². The van der Waals surface area contributed by atoms with Crippen LogP contribution in [0, 0.1) is 0 Å². The first-order chi connectivity index (χ1) is 6.24. The number of benzene rings is 1. The van der Waals surface area contributed by atoms with Crippen molar-refractivity contribution in [1.29, 1.82) is 0 Å². The molecule has 1 rings (SSSR count). The first-order valence-electron chi connectivity index (χ1n) is 4.04. The van der Waals surface area contributed by atoms with Gasteiger partial charge in [-0.25, -0.2) is 4.39 Å². The summed E-state index contributed by atoms with van der Waals surface area (Å²) in [5.41, 5.74) is 0.643. The molecule has 0 aromatic heterocycles. The molecule has 3 heteroatoms. The van der Waals surface area contributed by atoms with Gasteiger partial charge in [-0.3, -0.25) is 4.79 Å². The molecule has 0 amide bonds. The predicted octanol–water partition coefficient (Wildman–Crippen LogP) is 1.65. The van der Waals surface area contributed by atoms with Crippen LogP contribution >= 0.6 is 0 Å². The van der Waals surface area contributed by atoms with Gasteiger partial charge in [-0.1, -0.05) is 30.3 Å². The van der Waals surface area contributed by atoms with Gasteiger partial charge >= 0.3 is 0 Å². The van der Waals surface area contributed by atoms with E-state index in [1.807, 2.05) is 6.07 Å². The minimum atomic E-state index is -1.01. The largest absolute Gasteiger partial charge is 0.388 e. The number of Topliss-reactive ketones (excluding diaryl/α,β-unsaturated/α-hetero) is 1. The number of hydrogen-bond donors (Lipinski definition) is 1. The number of aliphatic hydroxyl groups is 1. The molecule has 2 nitrogen and oxygen atoms in total. The second-order valence-corrected chi connectivity index (χ2v) is 2.80. The van der Waals surface area contributed by atoms with Gasteiger partial charge in [0, 0.05) is 6.42 Å². The summed E-state index contributed by atoms with van der Waals surface area (Å²) in [6.45, 7) is -1.01. The molecule has 13 heavy (non-hydrogen) atoms. The van der Waals surface area contributed by atoms with Crippen LogP contribution in [0.4, 0.5) is 4.39 Å². The number of halogens is 1. The van der Waals surface area contributed by atoms with E-state index in [0.717, 1.165) is 0 Å². The van der Waals surface area contributed by atoms with Gasteiger partial charge in [0.1, 0.15) is 6.67 Å². The van der Waals surface area contributed by atoms with Crippen molar-refractivity contribution < 1.29 is 14.3 Å². The Morgan fingerprint density at radius 2 is 2.00 bits per heavy atom. The first-order valence-corrected chi connectivity index (χ1v) is 4.04. The molecule has 0 aliphatic heterocycles. The monoisotopic (exact) mass is 182 g/mol. The third-order valence-corrected chi connectivity index (χ3v) is 1.75. The van der Waals surface area contributed by atoms with E-state index >= 15 is 0 Å². The Labute approximate surface area is 76.0 Å². The molecule has 0 bridgehead atoms. The standard InChI is InChI=1S/C10H11FO2/c11-7-9(12)6-10(13)8-4-2-1-3-5-8/h1-5,10,13H,6-7H2. The molecule has 1 atom stereocenters. The van der Waals surface area contributed by atoms with Crippen molar-refractivity contribution in [2.24, 2.45) is 0 Å². The van der Waals surface area contributed by atoms with Gasteiger partial charge < -0.3 is 5.11 Å². The summed E-state index contributed by atoms with van der Waals surface area (Å²) in [6.07, 6.45) is -1.04. The molecular weight excluding hydrogens is 171 g/mol. The Morgan fingerprint density at radius 1 is 1.38 bits per heavy atom. The van der Waals surface area contributed by atoms with E-state index in [0.29, 0.717) is 5.56 Å². The van der Waals surface area contributed by atoms with Crippen LogP contribution in [0.15, 0.2) is 30.3 Å². The summed E-state index contributed by atoms with van der Waals surface area (Å²) < 4.78 is 11.8. The highest BCUT2D eigenvalue weighted by Crippen LogP contribution is 2.15. The number of carbonyl (C=O) groups excluding carboxylic acids is 1. The number of hydrogen-bond acceptors (Lipinski definition) is 2. The predicted molar refractivity (Wildman–Crippen MR) is 47.0 cm³/mol. The van der Waals surface area contributed by atoms with Crippen molar-refractivity contribution in [2.45, 2.75) is 12.5 Å². The average molecular weight is 182 g/mol. The molecule has 0 saturated carbocycles. The number of carbonyl (C=O) groups is 1. The molecule has 1 aromatic carbocycles. The normalized spacial score (nSPS) is 12.5. The molecule has 1 N–H and O–H groups in total. The second-order valence-electron chi connectivity index (χ2n) is 2.80. The highest BCUT2D eigenvalue weighted by Gasteiger charge is 2.11. The fraction of sp³-hybridized carbons (Fsp3) is 0.300. The fourth-order valence-corrected chi connectivity index (χ4v) is 1.06. The Balaban J connectivity index is 2.59. The quantitative estimate of drug-likeness (QED) is 0.768. The summed E-state index contributed by atoms with van der Waals surface area (Å²) in [4.78, 5) is 10.7. The van der Waals surface area contributed by atoms with Gasteiger partial charge in [0.2, 0.25) is 0 Å². The number of alkyl halides is 1. The second kappa shape index (κ2) is 4.72. The lowest BCUT2D eigenvalue weighted by atomic mass is 10.1. The Hall–Kier alpha value is -1.22. The van der Waals surface area contributed by atoms with Gasteiger partial charge in [-0.15, -0.1) is 0 Å². The molecular formula is C10H11FO2. The molecule has 0 aliphatic rings. The zero-order valence-corrected chi connectivity index (χ0v) is 7.11.